The van der Waals surface area contributed by atoms with Crippen LogP contribution in [0.2, 0.25) is 5.02 Å². The molecular weight excluding hydrogens is 276 g/mol. The van der Waals surface area contributed by atoms with Crippen LogP contribution in [-0.4, -0.2) is 22.6 Å². The predicted octanol–water partition coefficient (Wildman–Crippen LogP) is 3.71. The van der Waals surface area contributed by atoms with Crippen LogP contribution in [0, 0.1) is 6.92 Å². The van der Waals surface area contributed by atoms with Crippen LogP contribution in [-0.2, 0) is 11.3 Å². The maximum Gasteiger partial charge on any atom is 0.341 e. The van der Waals surface area contributed by atoms with Crippen molar-refractivity contribution in [3.63, 3.8) is 0 Å². The van der Waals surface area contributed by atoms with E-state index in [2.05, 4.69) is 11.9 Å². The lowest BCUT2D eigenvalue weighted by Gasteiger charge is -2.10. The number of hydrogen-bond acceptors (Lipinski definition) is 3. The predicted molar refractivity (Wildman–Crippen MR) is 79.0 cm³/mol. The first kappa shape index (κ1) is 14.6. The van der Waals surface area contributed by atoms with Gasteiger partial charge in [0.25, 0.3) is 0 Å². The molecule has 4 nitrogen and oxygen atoms in total. The highest BCUT2D eigenvalue weighted by Gasteiger charge is 2.25. The number of nitrogens with zero attached hydrogens (tertiary/aromatic N) is 2. The summed E-state index contributed by atoms with van der Waals surface area (Å²) in [7, 11) is 1.36. The molecule has 5 heteroatoms. The van der Waals surface area contributed by atoms with Crippen molar-refractivity contribution < 1.29 is 9.53 Å². The molecule has 106 valence electrons. The van der Waals surface area contributed by atoms with E-state index in [9.17, 15) is 4.79 Å². The van der Waals surface area contributed by atoms with Crippen LogP contribution in [0.3, 0.4) is 0 Å². The van der Waals surface area contributed by atoms with Gasteiger partial charge in [-0.2, -0.15) is 0 Å². The van der Waals surface area contributed by atoms with E-state index >= 15 is 0 Å². The zero-order valence-electron chi connectivity index (χ0n) is 11.8. The fourth-order valence-electron chi connectivity index (χ4n) is 2.33. The van der Waals surface area contributed by atoms with Gasteiger partial charge in [0.05, 0.1) is 23.4 Å². The lowest BCUT2D eigenvalue weighted by molar-refractivity contribution is 0.0600. The summed E-state index contributed by atoms with van der Waals surface area (Å²) < 4.78 is 6.88. The summed E-state index contributed by atoms with van der Waals surface area (Å²) in [5, 5.41) is 0.427. The Morgan fingerprint density at radius 3 is 2.80 bits per heavy atom. The average Bonchev–Trinajstić information content (AvgIpc) is 2.71. The highest BCUT2D eigenvalue weighted by Crippen LogP contribution is 2.35. The van der Waals surface area contributed by atoms with Crippen LogP contribution in [0.1, 0.15) is 29.4 Å². The smallest absolute Gasteiger partial charge is 0.341 e. The topological polar surface area (TPSA) is 44.1 Å². The first-order chi connectivity index (χ1) is 9.61. The highest BCUT2D eigenvalue weighted by atomic mass is 35.5. The summed E-state index contributed by atoms with van der Waals surface area (Å²) in [5.74, 6) is -0.410. The molecule has 0 bridgehead atoms. The molecule has 0 N–H and O–H groups in total. The lowest BCUT2D eigenvalue weighted by atomic mass is 10.2. The summed E-state index contributed by atoms with van der Waals surface area (Å²) in [6.07, 6.45) is 4.40. The minimum absolute atomic E-state index is 0.410. The molecule has 0 fully saturated rings. The van der Waals surface area contributed by atoms with Crippen molar-refractivity contribution in [1.29, 1.82) is 0 Å². The fraction of sp³-hybridized carbons (Fsp3) is 0.333. The fourth-order valence-corrected chi connectivity index (χ4v) is 2.75. The van der Waals surface area contributed by atoms with Gasteiger partial charge in [-0.05, 0) is 25.5 Å². The second-order valence-electron chi connectivity index (χ2n) is 4.51. The zero-order chi connectivity index (χ0) is 14.7. The van der Waals surface area contributed by atoms with E-state index < -0.39 is 5.97 Å². The Kier molecular flexibility index (Phi) is 4.45. The van der Waals surface area contributed by atoms with Crippen molar-refractivity contribution in [2.24, 2.45) is 0 Å². The van der Waals surface area contributed by atoms with Crippen molar-refractivity contribution in [1.82, 2.24) is 9.55 Å². The number of methoxy groups -OCH3 is 1. The number of esters is 1. The summed E-state index contributed by atoms with van der Waals surface area (Å²) in [5.41, 5.74) is 2.97. The second-order valence-corrected chi connectivity index (χ2v) is 4.89. The Bertz CT molecular complexity index is 621. The molecule has 0 radical (unpaired) electrons. The molecule has 0 amide bonds. The summed E-state index contributed by atoms with van der Waals surface area (Å²) >= 11 is 6.43. The molecule has 20 heavy (non-hydrogen) atoms. The molecule has 0 atom stereocenters. The lowest BCUT2D eigenvalue weighted by Crippen LogP contribution is -2.06. The first-order valence-corrected chi connectivity index (χ1v) is 6.86. The molecule has 0 aromatic carbocycles. The molecule has 0 aliphatic rings. The van der Waals surface area contributed by atoms with Crippen molar-refractivity contribution in [2.45, 2.75) is 26.8 Å². The monoisotopic (exact) mass is 292 g/mol. The van der Waals surface area contributed by atoms with Gasteiger partial charge in [-0.15, -0.1) is 0 Å². The number of aromatic nitrogens is 2. The Morgan fingerprint density at radius 1 is 1.50 bits per heavy atom. The number of ether oxygens (including phenoxy) is 1. The van der Waals surface area contributed by atoms with E-state index in [0.29, 0.717) is 10.6 Å². The molecular formula is C15H17ClN2O2. The largest absolute Gasteiger partial charge is 0.465 e. The molecule has 2 rings (SSSR count). The molecule has 2 aromatic heterocycles. The third-order valence-corrected chi connectivity index (χ3v) is 3.60. The van der Waals surface area contributed by atoms with Crippen LogP contribution >= 0.6 is 11.6 Å². The number of carbonyl (C=O) groups is 1. The Balaban J connectivity index is 2.69. The number of rotatable bonds is 4. The third-order valence-electron chi connectivity index (χ3n) is 3.24. The summed E-state index contributed by atoms with van der Waals surface area (Å²) in [6.45, 7) is 4.75. The third kappa shape index (κ3) is 2.43. The summed E-state index contributed by atoms with van der Waals surface area (Å²) in [4.78, 5) is 16.0. The van der Waals surface area contributed by atoms with Crippen molar-refractivity contribution in [2.75, 3.05) is 7.11 Å². The minimum Gasteiger partial charge on any atom is -0.465 e. The average molecular weight is 293 g/mol. The van der Waals surface area contributed by atoms with Gasteiger partial charge in [-0.25, -0.2) is 4.79 Å². The molecule has 2 heterocycles. The van der Waals surface area contributed by atoms with Crippen molar-refractivity contribution >= 4 is 17.6 Å². The van der Waals surface area contributed by atoms with E-state index in [1.807, 2.05) is 23.6 Å². The first-order valence-electron chi connectivity index (χ1n) is 6.49. The molecule has 2 aromatic rings. The molecule has 0 aliphatic heterocycles. The van der Waals surface area contributed by atoms with E-state index in [0.717, 1.165) is 29.9 Å². The van der Waals surface area contributed by atoms with Gasteiger partial charge in [0, 0.05) is 30.2 Å². The van der Waals surface area contributed by atoms with Gasteiger partial charge >= 0.3 is 5.97 Å². The molecule has 0 saturated heterocycles. The van der Waals surface area contributed by atoms with E-state index in [1.165, 1.54) is 7.11 Å². The van der Waals surface area contributed by atoms with Gasteiger partial charge in [-0.3, -0.25) is 4.98 Å². The molecule has 0 spiro atoms. The van der Waals surface area contributed by atoms with Gasteiger partial charge in [0.2, 0.25) is 0 Å². The quantitative estimate of drug-likeness (QED) is 0.807. The Labute approximate surface area is 123 Å². The van der Waals surface area contributed by atoms with E-state index in [-0.39, 0.29) is 0 Å². The van der Waals surface area contributed by atoms with E-state index in [1.54, 1.807) is 12.4 Å². The number of halogens is 1. The highest BCUT2D eigenvalue weighted by molar-refractivity contribution is 6.36. The van der Waals surface area contributed by atoms with Crippen LogP contribution in [0.4, 0.5) is 0 Å². The van der Waals surface area contributed by atoms with Crippen molar-refractivity contribution in [3.05, 3.63) is 40.8 Å². The SMILES string of the molecule is CCCn1c(C)c(C(=O)OC)c(Cl)c1-c1cccnc1. The maximum absolute atomic E-state index is 11.9. The van der Waals surface area contributed by atoms with Crippen LogP contribution in [0.15, 0.2) is 24.5 Å². The normalized spacial score (nSPS) is 10.6. The van der Waals surface area contributed by atoms with Gasteiger partial charge in [-0.1, -0.05) is 18.5 Å². The molecule has 0 unspecified atom stereocenters. The van der Waals surface area contributed by atoms with Crippen molar-refractivity contribution in [3.8, 4) is 11.3 Å². The zero-order valence-corrected chi connectivity index (χ0v) is 12.6. The van der Waals surface area contributed by atoms with Gasteiger partial charge < -0.3 is 9.30 Å². The Morgan fingerprint density at radius 2 is 2.25 bits per heavy atom. The van der Waals surface area contributed by atoms with Gasteiger partial charge in [0.15, 0.2) is 0 Å². The van der Waals surface area contributed by atoms with Crippen LogP contribution < -0.4 is 0 Å². The van der Waals surface area contributed by atoms with Crippen LogP contribution in [0.25, 0.3) is 11.3 Å². The minimum atomic E-state index is -0.410. The maximum atomic E-state index is 11.9. The number of pyridine rings is 1. The standard InChI is InChI=1S/C15H17ClN2O2/c1-4-8-18-10(2)12(15(19)20-3)13(16)14(18)11-6-5-7-17-9-11/h5-7,9H,4,8H2,1-3H3. The summed E-state index contributed by atoms with van der Waals surface area (Å²) in [6, 6.07) is 3.78. The Hall–Kier alpha value is -1.81. The molecule has 0 aliphatic carbocycles. The number of hydrogen-bond donors (Lipinski definition) is 0. The number of carbonyl (C=O) groups excluding carboxylic acids is 1. The van der Waals surface area contributed by atoms with Crippen LogP contribution in [0.5, 0.6) is 0 Å². The van der Waals surface area contributed by atoms with Gasteiger partial charge in [0.1, 0.15) is 0 Å². The molecule has 0 saturated carbocycles. The van der Waals surface area contributed by atoms with E-state index in [4.69, 9.17) is 16.3 Å². The second kappa shape index (κ2) is 6.09.